The molecule has 0 aromatic heterocycles. The molecule has 0 fully saturated rings. The van der Waals surface area contributed by atoms with Gasteiger partial charge >= 0.3 is 7.60 Å². The molecule has 0 aliphatic rings. The van der Waals surface area contributed by atoms with Crippen molar-refractivity contribution in [3.8, 4) is 0 Å². The molecule has 0 radical (unpaired) electrons. The van der Waals surface area contributed by atoms with Gasteiger partial charge in [0.05, 0.1) is 0 Å². The summed E-state index contributed by atoms with van der Waals surface area (Å²) in [5.74, 6) is 0. The average Bonchev–Trinajstić information content (AvgIpc) is 2.27. The first-order valence-electron chi connectivity index (χ1n) is 4.68. The molecule has 0 spiro atoms. The summed E-state index contributed by atoms with van der Waals surface area (Å²) in [7, 11) is -1.33. The summed E-state index contributed by atoms with van der Waals surface area (Å²) < 4.78 is 21.8. The van der Waals surface area contributed by atoms with Gasteiger partial charge in [0.1, 0.15) is 0 Å². The van der Waals surface area contributed by atoms with E-state index in [-0.39, 0.29) is 10.6 Å². The average molecular weight is 299 g/mol. The molecular weight excluding hydrogens is 286 g/mol. The Labute approximate surface area is 110 Å². The molecule has 0 saturated carbocycles. The minimum atomic E-state index is -3.72. The van der Waals surface area contributed by atoms with Crippen molar-refractivity contribution >= 4 is 30.8 Å². The molecule has 1 aromatic rings. The van der Waals surface area contributed by atoms with Crippen LogP contribution in [0.4, 0.5) is 0 Å². The van der Waals surface area contributed by atoms with Crippen molar-refractivity contribution in [1.82, 2.24) is 0 Å². The normalized spacial score (nSPS) is 15.6. The summed E-state index contributed by atoms with van der Waals surface area (Å²) in [4.78, 5) is 0. The molecule has 4 nitrogen and oxygen atoms in total. The molecule has 0 heterocycles. The smallest absolute Gasteiger partial charge is 0.365 e. The highest BCUT2D eigenvalue weighted by Gasteiger charge is 2.47. The van der Waals surface area contributed by atoms with Crippen LogP contribution in [0.15, 0.2) is 18.2 Å². The summed E-state index contributed by atoms with van der Waals surface area (Å²) in [5, 5.41) is 9.09. The monoisotopic (exact) mass is 298 g/mol. The number of hydrogen-bond acceptors (Lipinski definition) is 4. The van der Waals surface area contributed by atoms with Gasteiger partial charge in [-0.1, -0.05) is 29.3 Å². The fraction of sp³-hybridized carbons (Fsp3) is 0.400. The summed E-state index contributed by atoms with van der Waals surface area (Å²) in [6.45, 7) is 1.32. The zero-order valence-corrected chi connectivity index (χ0v) is 12.0. The summed E-state index contributed by atoms with van der Waals surface area (Å²) in [5.41, 5.74) is 0.232. The second-order valence-electron chi connectivity index (χ2n) is 3.51. The van der Waals surface area contributed by atoms with E-state index in [1.165, 1.54) is 39.3 Å². The van der Waals surface area contributed by atoms with Crippen molar-refractivity contribution in [2.75, 3.05) is 14.2 Å². The first-order valence-corrected chi connectivity index (χ1v) is 6.98. The maximum atomic E-state index is 12.2. The van der Waals surface area contributed by atoms with Crippen LogP contribution in [0.25, 0.3) is 0 Å². The standard InChI is InChI=1S/C10H13Cl2O4P/c1-10(13,17(14,15-2)16-3)8-5-4-7(11)6-9(8)12/h4-6,13H,1-3H3/t10-/m0/s1. The van der Waals surface area contributed by atoms with Gasteiger partial charge < -0.3 is 14.2 Å². The van der Waals surface area contributed by atoms with Crippen molar-refractivity contribution in [3.05, 3.63) is 33.8 Å². The quantitative estimate of drug-likeness (QED) is 0.862. The van der Waals surface area contributed by atoms with Crippen LogP contribution in [-0.4, -0.2) is 19.3 Å². The molecule has 7 heteroatoms. The summed E-state index contributed by atoms with van der Waals surface area (Å²) >= 11 is 11.7. The third kappa shape index (κ3) is 2.68. The highest BCUT2D eigenvalue weighted by Crippen LogP contribution is 2.63. The number of aliphatic hydroxyl groups is 1. The Kier molecular flexibility index (Phi) is 4.64. The Morgan fingerprint density at radius 3 is 2.24 bits per heavy atom. The fourth-order valence-electron chi connectivity index (χ4n) is 1.45. The Morgan fingerprint density at radius 1 is 1.29 bits per heavy atom. The van der Waals surface area contributed by atoms with Crippen LogP contribution >= 0.6 is 30.8 Å². The van der Waals surface area contributed by atoms with E-state index in [0.717, 1.165) is 0 Å². The molecule has 0 amide bonds. The van der Waals surface area contributed by atoms with Gasteiger partial charge in [-0.15, -0.1) is 0 Å². The molecule has 1 aromatic carbocycles. The fourth-order valence-corrected chi connectivity index (χ4v) is 3.46. The highest BCUT2D eigenvalue weighted by atomic mass is 35.5. The van der Waals surface area contributed by atoms with Crippen LogP contribution < -0.4 is 0 Å². The second kappa shape index (κ2) is 5.27. The van der Waals surface area contributed by atoms with E-state index in [2.05, 4.69) is 0 Å². The molecule has 0 unspecified atom stereocenters. The predicted molar refractivity (Wildman–Crippen MR) is 67.7 cm³/mol. The Hall–Kier alpha value is -0.0900. The molecule has 1 atom stereocenters. The molecule has 0 aliphatic heterocycles. The lowest BCUT2D eigenvalue weighted by Crippen LogP contribution is -2.23. The lowest BCUT2D eigenvalue weighted by atomic mass is 10.1. The third-order valence-corrected chi connectivity index (χ3v) is 5.27. The lowest BCUT2D eigenvalue weighted by molar-refractivity contribution is 0.0933. The molecule has 1 rings (SSSR count). The number of rotatable bonds is 4. The molecular formula is C10H13Cl2O4P. The minimum absolute atomic E-state index is 0.192. The maximum absolute atomic E-state index is 12.2. The Morgan fingerprint density at radius 2 is 1.82 bits per heavy atom. The van der Waals surface area contributed by atoms with Crippen LogP contribution in [-0.2, 0) is 19.0 Å². The summed E-state index contributed by atoms with van der Waals surface area (Å²) in [6.07, 6.45) is 0. The van der Waals surface area contributed by atoms with Gasteiger partial charge in [-0.3, -0.25) is 4.57 Å². The van der Waals surface area contributed by atoms with E-state index < -0.39 is 12.9 Å². The van der Waals surface area contributed by atoms with Gasteiger partial charge in [0.15, 0.2) is 5.34 Å². The number of halogens is 2. The van der Waals surface area contributed by atoms with Gasteiger partial charge in [0.25, 0.3) is 0 Å². The van der Waals surface area contributed by atoms with Crippen molar-refractivity contribution < 1.29 is 18.7 Å². The van der Waals surface area contributed by atoms with Crippen LogP contribution in [0.5, 0.6) is 0 Å². The van der Waals surface area contributed by atoms with Gasteiger partial charge in [0.2, 0.25) is 0 Å². The Bertz CT molecular complexity index is 454. The van der Waals surface area contributed by atoms with Crippen LogP contribution in [0.2, 0.25) is 10.0 Å². The molecule has 0 aliphatic carbocycles. The van der Waals surface area contributed by atoms with Gasteiger partial charge in [-0.05, 0) is 19.1 Å². The second-order valence-corrected chi connectivity index (χ2v) is 6.95. The van der Waals surface area contributed by atoms with E-state index >= 15 is 0 Å². The largest absolute Gasteiger partial charge is 0.373 e. The van der Waals surface area contributed by atoms with E-state index in [1.807, 2.05) is 0 Å². The molecule has 0 saturated heterocycles. The molecule has 17 heavy (non-hydrogen) atoms. The third-order valence-electron chi connectivity index (χ3n) is 2.46. The Balaban J connectivity index is 3.35. The van der Waals surface area contributed by atoms with Crippen molar-refractivity contribution in [1.29, 1.82) is 0 Å². The van der Waals surface area contributed by atoms with Crippen molar-refractivity contribution in [2.24, 2.45) is 0 Å². The van der Waals surface area contributed by atoms with Crippen LogP contribution in [0.1, 0.15) is 12.5 Å². The van der Waals surface area contributed by atoms with E-state index in [0.29, 0.717) is 5.02 Å². The number of hydrogen-bond donors (Lipinski definition) is 1. The van der Waals surface area contributed by atoms with Crippen molar-refractivity contribution in [2.45, 2.75) is 12.3 Å². The van der Waals surface area contributed by atoms with Crippen LogP contribution in [0.3, 0.4) is 0 Å². The topological polar surface area (TPSA) is 55.8 Å². The molecule has 1 N–H and O–H groups in total. The van der Waals surface area contributed by atoms with Gasteiger partial charge in [0, 0.05) is 29.8 Å². The minimum Gasteiger partial charge on any atom is -0.373 e. The zero-order valence-electron chi connectivity index (χ0n) is 9.61. The van der Waals surface area contributed by atoms with Crippen LogP contribution in [0, 0.1) is 0 Å². The summed E-state index contributed by atoms with van der Waals surface area (Å²) in [6, 6.07) is 4.46. The van der Waals surface area contributed by atoms with E-state index in [1.54, 1.807) is 0 Å². The first-order chi connectivity index (χ1) is 7.78. The SMILES string of the molecule is COP(=O)(OC)[C@](C)(O)c1ccc(Cl)cc1Cl. The number of benzene rings is 1. The maximum Gasteiger partial charge on any atom is 0.365 e. The molecule has 0 bridgehead atoms. The first kappa shape index (κ1) is 15.0. The van der Waals surface area contributed by atoms with E-state index in [4.69, 9.17) is 32.2 Å². The predicted octanol–water partition coefficient (Wildman–Crippen LogP) is 3.64. The molecule has 96 valence electrons. The van der Waals surface area contributed by atoms with E-state index in [9.17, 15) is 9.67 Å². The van der Waals surface area contributed by atoms with Gasteiger partial charge in [-0.2, -0.15) is 0 Å². The zero-order chi connectivity index (χ0) is 13.3. The van der Waals surface area contributed by atoms with Gasteiger partial charge in [-0.25, -0.2) is 0 Å². The lowest BCUT2D eigenvalue weighted by Gasteiger charge is -2.30. The van der Waals surface area contributed by atoms with Crippen molar-refractivity contribution in [3.63, 3.8) is 0 Å². The highest BCUT2D eigenvalue weighted by molar-refractivity contribution is 7.54.